The van der Waals surface area contributed by atoms with Gasteiger partial charge in [0.1, 0.15) is 5.58 Å². The molecule has 7 heteroatoms. The fraction of sp³-hybridized carbons (Fsp3) is 0.333. The molecule has 0 radical (unpaired) electrons. The van der Waals surface area contributed by atoms with Gasteiger partial charge in [-0.3, -0.25) is 4.79 Å². The molecule has 0 aliphatic carbocycles. The minimum atomic E-state index is -0.479. The van der Waals surface area contributed by atoms with Crippen molar-refractivity contribution in [2.24, 2.45) is 5.73 Å². The molecule has 1 aromatic heterocycles. The molecule has 31 heavy (non-hydrogen) atoms. The predicted molar refractivity (Wildman–Crippen MR) is 115 cm³/mol. The third-order valence-corrected chi connectivity index (χ3v) is 6.17. The van der Waals surface area contributed by atoms with Crippen LogP contribution in [0.25, 0.3) is 11.0 Å². The first-order valence-electron chi connectivity index (χ1n) is 10.5. The number of carbonyl (C=O) groups excluding carboxylic acids is 1. The lowest BCUT2D eigenvalue weighted by Crippen LogP contribution is -2.38. The Bertz CT molecular complexity index is 1190. The first kappa shape index (κ1) is 19.6. The Kier molecular flexibility index (Phi) is 5.11. The number of likely N-dealkylation sites (tertiary alicyclic amines) is 1. The van der Waals surface area contributed by atoms with E-state index in [1.807, 2.05) is 17.0 Å². The van der Waals surface area contributed by atoms with Crippen molar-refractivity contribution < 1.29 is 18.7 Å². The van der Waals surface area contributed by atoms with Crippen LogP contribution in [0.3, 0.4) is 0 Å². The number of nitrogens with two attached hydrogens (primary N) is 1. The summed E-state index contributed by atoms with van der Waals surface area (Å²) in [6.07, 6.45) is 1.97. The summed E-state index contributed by atoms with van der Waals surface area (Å²) in [6, 6.07) is 13.2. The van der Waals surface area contributed by atoms with Crippen molar-refractivity contribution in [3.63, 3.8) is 0 Å². The summed E-state index contributed by atoms with van der Waals surface area (Å²) in [4.78, 5) is 26.9. The first-order chi connectivity index (χ1) is 15.1. The van der Waals surface area contributed by atoms with Crippen molar-refractivity contribution in [3.8, 4) is 11.5 Å². The third-order valence-electron chi connectivity index (χ3n) is 6.17. The van der Waals surface area contributed by atoms with Crippen LogP contribution in [0.15, 0.2) is 51.7 Å². The van der Waals surface area contributed by atoms with Gasteiger partial charge in [-0.2, -0.15) is 0 Å². The Labute approximate surface area is 179 Å². The quantitative estimate of drug-likeness (QED) is 0.652. The second-order valence-corrected chi connectivity index (χ2v) is 8.07. The molecule has 2 aliphatic rings. The average molecular weight is 420 g/mol. The van der Waals surface area contributed by atoms with Crippen LogP contribution in [-0.2, 0) is 17.8 Å². The van der Waals surface area contributed by atoms with Gasteiger partial charge in [0, 0.05) is 37.2 Å². The summed E-state index contributed by atoms with van der Waals surface area (Å²) in [5, 5.41) is 0.700. The zero-order valence-electron chi connectivity index (χ0n) is 17.1. The summed E-state index contributed by atoms with van der Waals surface area (Å²) < 4.78 is 16.1. The molecular formula is C24H24N2O5. The maximum Gasteiger partial charge on any atom is 0.336 e. The van der Waals surface area contributed by atoms with E-state index < -0.39 is 5.63 Å². The molecule has 5 rings (SSSR count). The fourth-order valence-electron chi connectivity index (χ4n) is 4.47. The molecule has 2 aromatic carbocycles. The highest BCUT2D eigenvalue weighted by Gasteiger charge is 2.25. The monoisotopic (exact) mass is 420 g/mol. The number of ether oxygens (including phenoxy) is 2. The van der Waals surface area contributed by atoms with Gasteiger partial charge in [-0.25, -0.2) is 4.79 Å². The number of hydrogen-bond donors (Lipinski definition) is 1. The fourth-order valence-corrected chi connectivity index (χ4v) is 4.47. The lowest BCUT2D eigenvalue weighted by atomic mass is 9.88. The molecule has 2 N–H and O–H groups in total. The van der Waals surface area contributed by atoms with Gasteiger partial charge in [0.15, 0.2) is 11.5 Å². The summed E-state index contributed by atoms with van der Waals surface area (Å²) in [5.41, 5.74) is 8.76. The highest BCUT2D eigenvalue weighted by molar-refractivity contribution is 5.89. The number of piperidine rings is 1. The van der Waals surface area contributed by atoms with Crippen molar-refractivity contribution in [1.82, 2.24) is 4.90 Å². The van der Waals surface area contributed by atoms with Crippen LogP contribution >= 0.6 is 0 Å². The predicted octanol–water partition coefficient (Wildman–Crippen LogP) is 2.93. The minimum absolute atomic E-state index is 0.0127. The molecule has 0 bridgehead atoms. The van der Waals surface area contributed by atoms with E-state index in [1.54, 1.807) is 12.1 Å². The molecule has 0 atom stereocenters. The summed E-state index contributed by atoms with van der Waals surface area (Å²) in [7, 11) is 0. The van der Waals surface area contributed by atoms with Crippen LogP contribution in [0, 0.1) is 0 Å². The smallest absolute Gasteiger partial charge is 0.336 e. The van der Waals surface area contributed by atoms with Crippen LogP contribution in [-0.4, -0.2) is 30.7 Å². The molecule has 1 amide bonds. The molecule has 1 fully saturated rings. The molecule has 0 saturated carbocycles. The van der Waals surface area contributed by atoms with E-state index in [0.717, 1.165) is 18.4 Å². The Morgan fingerprint density at radius 2 is 1.84 bits per heavy atom. The molecule has 7 nitrogen and oxygen atoms in total. The molecule has 160 valence electrons. The number of amides is 1. The van der Waals surface area contributed by atoms with Gasteiger partial charge in [-0.1, -0.05) is 24.3 Å². The van der Waals surface area contributed by atoms with Crippen molar-refractivity contribution >= 4 is 16.9 Å². The maximum absolute atomic E-state index is 13.0. The number of carbonyl (C=O) groups is 1. The topological polar surface area (TPSA) is 95.0 Å². The number of rotatable bonds is 4. The number of benzene rings is 2. The molecule has 2 aliphatic heterocycles. The standard InChI is InChI=1S/C24H24N2O5/c25-13-15-2-1-3-17(8-15)16-4-6-26(7-5-16)23(27)9-18-10-24(28)31-20-12-22-21(11-19(18)20)29-14-30-22/h1-3,8,10-12,16H,4-7,9,13-14,25H2. The van der Waals surface area contributed by atoms with E-state index in [0.29, 0.717) is 53.6 Å². The number of fused-ring (bicyclic) bond motifs is 2. The van der Waals surface area contributed by atoms with Crippen LogP contribution in [0.2, 0.25) is 0 Å². The van der Waals surface area contributed by atoms with Crippen molar-refractivity contribution in [1.29, 1.82) is 0 Å². The van der Waals surface area contributed by atoms with Crippen LogP contribution in [0.5, 0.6) is 11.5 Å². The first-order valence-corrected chi connectivity index (χ1v) is 10.5. The SMILES string of the molecule is NCc1cccc(C2CCN(C(=O)Cc3cc(=O)oc4cc5c(cc34)OCO5)CC2)c1. The molecule has 3 aromatic rings. The maximum atomic E-state index is 13.0. The Balaban J connectivity index is 1.31. The molecule has 0 unspecified atom stereocenters. The van der Waals surface area contributed by atoms with E-state index in [9.17, 15) is 9.59 Å². The van der Waals surface area contributed by atoms with Gasteiger partial charge in [0.25, 0.3) is 0 Å². The van der Waals surface area contributed by atoms with Crippen molar-refractivity contribution in [3.05, 3.63) is 69.6 Å². The van der Waals surface area contributed by atoms with E-state index in [-0.39, 0.29) is 19.1 Å². The lowest BCUT2D eigenvalue weighted by molar-refractivity contribution is -0.131. The van der Waals surface area contributed by atoms with Gasteiger partial charge in [0.2, 0.25) is 12.7 Å². The zero-order valence-corrected chi connectivity index (χ0v) is 17.1. The summed E-state index contributed by atoms with van der Waals surface area (Å²) in [5.74, 6) is 1.58. The highest BCUT2D eigenvalue weighted by Crippen LogP contribution is 2.37. The highest BCUT2D eigenvalue weighted by atomic mass is 16.7. The lowest BCUT2D eigenvalue weighted by Gasteiger charge is -2.32. The zero-order chi connectivity index (χ0) is 21.4. The average Bonchev–Trinajstić information content (AvgIpc) is 3.25. The molecule has 0 spiro atoms. The van der Waals surface area contributed by atoms with E-state index in [4.69, 9.17) is 19.6 Å². The summed E-state index contributed by atoms with van der Waals surface area (Å²) >= 11 is 0. The minimum Gasteiger partial charge on any atom is -0.454 e. The van der Waals surface area contributed by atoms with Gasteiger partial charge in [-0.05, 0) is 41.5 Å². The Morgan fingerprint density at radius 3 is 2.61 bits per heavy atom. The van der Waals surface area contributed by atoms with Gasteiger partial charge in [-0.15, -0.1) is 0 Å². The molecule has 3 heterocycles. The van der Waals surface area contributed by atoms with Crippen molar-refractivity contribution in [2.45, 2.75) is 31.7 Å². The normalized spacial score (nSPS) is 16.1. The van der Waals surface area contributed by atoms with Crippen LogP contribution < -0.4 is 20.8 Å². The van der Waals surface area contributed by atoms with E-state index in [1.165, 1.54) is 11.6 Å². The van der Waals surface area contributed by atoms with E-state index in [2.05, 4.69) is 12.1 Å². The van der Waals surface area contributed by atoms with Crippen LogP contribution in [0.4, 0.5) is 0 Å². The molecule has 1 saturated heterocycles. The van der Waals surface area contributed by atoms with Gasteiger partial charge < -0.3 is 24.5 Å². The number of hydrogen-bond acceptors (Lipinski definition) is 6. The van der Waals surface area contributed by atoms with E-state index >= 15 is 0 Å². The van der Waals surface area contributed by atoms with Crippen molar-refractivity contribution in [2.75, 3.05) is 19.9 Å². The second kappa shape index (κ2) is 8.07. The van der Waals surface area contributed by atoms with Gasteiger partial charge >= 0.3 is 5.63 Å². The largest absolute Gasteiger partial charge is 0.454 e. The Morgan fingerprint density at radius 1 is 1.06 bits per heavy atom. The Hall–Kier alpha value is -3.32. The molecular weight excluding hydrogens is 396 g/mol. The number of nitrogens with zero attached hydrogens (tertiary/aromatic N) is 1. The third kappa shape index (κ3) is 3.88. The second-order valence-electron chi connectivity index (χ2n) is 8.07. The van der Waals surface area contributed by atoms with Crippen LogP contribution in [0.1, 0.15) is 35.4 Å². The summed E-state index contributed by atoms with van der Waals surface area (Å²) in [6.45, 7) is 2.06. The van der Waals surface area contributed by atoms with Gasteiger partial charge in [0.05, 0.1) is 6.42 Å².